The van der Waals surface area contributed by atoms with Crippen LogP contribution in [-0.2, 0) is 47.5 Å². The molecule has 0 fully saturated rings. The second-order valence-electron chi connectivity index (χ2n) is 9.95. The number of ether oxygens (including phenoxy) is 6. The average Bonchev–Trinajstić information content (AvgIpc) is 2.97. The lowest BCUT2D eigenvalue weighted by Crippen LogP contribution is -2.15. The highest BCUT2D eigenvalue weighted by atomic mass is 32.2. The van der Waals surface area contributed by atoms with E-state index in [0.717, 1.165) is 18.4 Å². The molecule has 0 aromatic heterocycles. The Morgan fingerprint density at radius 1 is 0.571 bits per heavy atom. The molecule has 0 spiro atoms. The van der Waals surface area contributed by atoms with Crippen LogP contribution in [0.1, 0.15) is 76.7 Å². The maximum atomic E-state index is 12.1. The quantitative estimate of drug-likeness (QED) is 0.0643. The number of aryl methyl sites for hydroxylation is 1. The average molecular weight is 619 g/mol. The highest BCUT2D eigenvalue weighted by Gasteiger charge is 2.14. The Bertz CT molecular complexity index is 861. The third-order valence-electron chi connectivity index (χ3n) is 6.24. The Balaban J connectivity index is 1.75. The van der Waals surface area contributed by atoms with Gasteiger partial charge in [-0.15, -0.1) is 0 Å². The second kappa shape index (κ2) is 27.0. The van der Waals surface area contributed by atoms with Crippen LogP contribution in [0.3, 0.4) is 0 Å². The van der Waals surface area contributed by atoms with Crippen molar-refractivity contribution in [2.24, 2.45) is 0 Å². The normalized spacial score (nSPS) is 11.7. The predicted molar refractivity (Wildman–Crippen MR) is 161 cm³/mol. The van der Waals surface area contributed by atoms with E-state index in [0.29, 0.717) is 65.9 Å². The van der Waals surface area contributed by atoms with Gasteiger partial charge >= 0.3 is 5.97 Å². The van der Waals surface area contributed by atoms with Gasteiger partial charge in [0.2, 0.25) is 0 Å². The standard InChI is InChI=1S/C31H54O10S/c1-3-4-5-6-7-8-9-10-11-12-31(32)40-27-25-38-23-21-36-19-17-35-18-20-37-22-24-39-26-28-41-42(33,34)30-15-13-29(2)14-16-30/h13-16H,3-12,17-28H2,1-2H3. The van der Waals surface area contributed by atoms with Crippen LogP contribution in [0.25, 0.3) is 0 Å². The molecule has 0 saturated carbocycles. The zero-order valence-electron chi connectivity index (χ0n) is 25.9. The van der Waals surface area contributed by atoms with Crippen molar-refractivity contribution in [3.8, 4) is 0 Å². The lowest BCUT2D eigenvalue weighted by Gasteiger charge is -2.09. The topological polar surface area (TPSA) is 116 Å². The monoisotopic (exact) mass is 618 g/mol. The van der Waals surface area contributed by atoms with Gasteiger partial charge in [0.15, 0.2) is 0 Å². The number of hydrogen-bond donors (Lipinski definition) is 0. The molecule has 1 rings (SSSR count). The van der Waals surface area contributed by atoms with Crippen LogP contribution in [0.5, 0.6) is 0 Å². The molecule has 0 unspecified atom stereocenters. The van der Waals surface area contributed by atoms with Crippen LogP contribution in [0.4, 0.5) is 0 Å². The molecule has 0 amide bonds. The molecule has 0 heterocycles. The predicted octanol–water partition coefficient (Wildman–Crippen LogP) is 5.25. The summed E-state index contributed by atoms with van der Waals surface area (Å²) in [6.45, 7) is 8.17. The summed E-state index contributed by atoms with van der Waals surface area (Å²) in [7, 11) is -3.77. The van der Waals surface area contributed by atoms with Gasteiger partial charge in [0.1, 0.15) is 6.61 Å². The molecule has 0 N–H and O–H groups in total. The van der Waals surface area contributed by atoms with Crippen molar-refractivity contribution in [3.63, 3.8) is 0 Å². The fourth-order valence-corrected chi connectivity index (χ4v) is 4.72. The minimum Gasteiger partial charge on any atom is -0.463 e. The molecule has 0 saturated heterocycles. The summed E-state index contributed by atoms with van der Waals surface area (Å²) < 4.78 is 61.3. The van der Waals surface area contributed by atoms with E-state index < -0.39 is 10.1 Å². The number of rotatable bonds is 30. The first kappa shape index (κ1) is 38.4. The maximum absolute atomic E-state index is 12.1. The lowest BCUT2D eigenvalue weighted by atomic mass is 10.1. The van der Waals surface area contributed by atoms with Crippen LogP contribution in [0, 0.1) is 6.92 Å². The molecular weight excluding hydrogens is 564 g/mol. The summed E-state index contributed by atoms with van der Waals surface area (Å²) in [6.07, 6.45) is 11.5. The summed E-state index contributed by atoms with van der Waals surface area (Å²) in [5.74, 6) is -0.150. The van der Waals surface area contributed by atoms with Gasteiger partial charge < -0.3 is 28.4 Å². The van der Waals surface area contributed by atoms with E-state index in [-0.39, 0.29) is 30.7 Å². The van der Waals surface area contributed by atoms with Crippen molar-refractivity contribution in [2.75, 3.05) is 79.3 Å². The van der Waals surface area contributed by atoms with Crippen molar-refractivity contribution in [1.82, 2.24) is 0 Å². The number of esters is 1. The fourth-order valence-electron chi connectivity index (χ4n) is 3.82. The summed E-state index contributed by atoms with van der Waals surface area (Å²) in [4.78, 5) is 11.9. The minimum atomic E-state index is -3.77. The van der Waals surface area contributed by atoms with E-state index in [1.165, 1.54) is 57.1 Å². The van der Waals surface area contributed by atoms with Crippen LogP contribution >= 0.6 is 0 Å². The van der Waals surface area contributed by atoms with E-state index in [1.807, 2.05) is 6.92 Å². The van der Waals surface area contributed by atoms with Gasteiger partial charge in [0.25, 0.3) is 10.1 Å². The lowest BCUT2D eigenvalue weighted by molar-refractivity contribution is -0.145. The Kier molecular flexibility index (Phi) is 24.7. The summed E-state index contributed by atoms with van der Waals surface area (Å²) in [6, 6.07) is 6.48. The first-order chi connectivity index (χ1) is 20.5. The number of unbranched alkanes of at least 4 members (excludes halogenated alkanes) is 8. The summed E-state index contributed by atoms with van der Waals surface area (Å²) in [5.41, 5.74) is 0.976. The van der Waals surface area contributed by atoms with Gasteiger partial charge in [-0.2, -0.15) is 8.42 Å². The number of carbonyl (C=O) groups excluding carboxylic acids is 1. The molecule has 0 bridgehead atoms. The molecule has 0 aliphatic heterocycles. The van der Waals surface area contributed by atoms with E-state index in [2.05, 4.69) is 6.92 Å². The largest absolute Gasteiger partial charge is 0.463 e. The molecule has 42 heavy (non-hydrogen) atoms. The van der Waals surface area contributed by atoms with Gasteiger partial charge in [-0.1, -0.05) is 76.0 Å². The Hall–Kier alpha value is -1.60. The van der Waals surface area contributed by atoms with Gasteiger partial charge in [-0.25, -0.2) is 0 Å². The molecule has 11 heteroatoms. The zero-order chi connectivity index (χ0) is 30.6. The van der Waals surface area contributed by atoms with Crippen LogP contribution < -0.4 is 0 Å². The third-order valence-corrected chi connectivity index (χ3v) is 7.57. The first-order valence-electron chi connectivity index (χ1n) is 15.5. The van der Waals surface area contributed by atoms with Crippen molar-refractivity contribution >= 4 is 16.1 Å². The molecular formula is C31H54O10S. The Morgan fingerprint density at radius 3 is 1.45 bits per heavy atom. The SMILES string of the molecule is CCCCCCCCCCCC(=O)OCCOCCOCCOCCOCCOCCOS(=O)(=O)c1ccc(C)cc1. The highest BCUT2D eigenvalue weighted by molar-refractivity contribution is 7.86. The van der Waals surface area contributed by atoms with Crippen LogP contribution in [-0.4, -0.2) is 93.7 Å². The molecule has 0 aliphatic rings. The fraction of sp³-hybridized carbons (Fsp3) is 0.774. The molecule has 0 radical (unpaired) electrons. The summed E-state index contributed by atoms with van der Waals surface area (Å²) in [5, 5.41) is 0. The van der Waals surface area contributed by atoms with Crippen molar-refractivity contribution < 1.29 is 45.8 Å². The van der Waals surface area contributed by atoms with E-state index in [9.17, 15) is 13.2 Å². The van der Waals surface area contributed by atoms with E-state index >= 15 is 0 Å². The van der Waals surface area contributed by atoms with Gasteiger partial charge in [0.05, 0.1) is 77.6 Å². The molecule has 0 aliphatic carbocycles. The molecule has 10 nitrogen and oxygen atoms in total. The van der Waals surface area contributed by atoms with Gasteiger partial charge in [-0.3, -0.25) is 8.98 Å². The Labute approximate surface area is 253 Å². The van der Waals surface area contributed by atoms with Crippen LogP contribution in [0.2, 0.25) is 0 Å². The van der Waals surface area contributed by atoms with E-state index in [1.54, 1.807) is 12.1 Å². The van der Waals surface area contributed by atoms with Crippen molar-refractivity contribution in [2.45, 2.75) is 83.0 Å². The Morgan fingerprint density at radius 2 is 0.976 bits per heavy atom. The van der Waals surface area contributed by atoms with Gasteiger partial charge in [-0.05, 0) is 25.5 Å². The third kappa shape index (κ3) is 22.9. The summed E-state index contributed by atoms with van der Waals surface area (Å²) >= 11 is 0. The van der Waals surface area contributed by atoms with Crippen LogP contribution in [0.15, 0.2) is 29.2 Å². The number of carbonyl (C=O) groups is 1. The number of benzene rings is 1. The highest BCUT2D eigenvalue weighted by Crippen LogP contribution is 2.13. The first-order valence-corrected chi connectivity index (χ1v) is 16.9. The minimum absolute atomic E-state index is 0.0583. The molecule has 244 valence electrons. The van der Waals surface area contributed by atoms with E-state index in [4.69, 9.17) is 32.6 Å². The van der Waals surface area contributed by atoms with Gasteiger partial charge in [0, 0.05) is 6.42 Å². The zero-order valence-corrected chi connectivity index (χ0v) is 26.7. The molecule has 0 atom stereocenters. The molecule has 1 aromatic carbocycles. The second-order valence-corrected chi connectivity index (χ2v) is 11.6. The maximum Gasteiger partial charge on any atom is 0.305 e. The van der Waals surface area contributed by atoms with Crippen molar-refractivity contribution in [3.05, 3.63) is 29.8 Å². The number of hydrogen-bond acceptors (Lipinski definition) is 10. The van der Waals surface area contributed by atoms with Crippen molar-refractivity contribution in [1.29, 1.82) is 0 Å². The smallest absolute Gasteiger partial charge is 0.305 e. The molecule has 1 aromatic rings.